The predicted molar refractivity (Wildman–Crippen MR) is 93.2 cm³/mol. The number of rotatable bonds is 4. The zero-order valence-electron chi connectivity index (χ0n) is 15.1. The minimum absolute atomic E-state index is 0.0840. The molecule has 152 valence electrons. The summed E-state index contributed by atoms with van der Waals surface area (Å²) in [5.74, 6) is -1.20. The maximum Gasteiger partial charge on any atom is 0.573 e. The number of carbonyl (C=O) groups excluding carboxylic acids is 3. The average molecular weight is 406 g/mol. The van der Waals surface area contributed by atoms with Gasteiger partial charge in [0.1, 0.15) is 12.3 Å². The summed E-state index contributed by atoms with van der Waals surface area (Å²) in [7, 11) is 0. The molecule has 3 amide bonds. The second-order valence-electron chi connectivity index (χ2n) is 8.04. The smallest absolute Gasteiger partial charge is 0.406 e. The van der Waals surface area contributed by atoms with Crippen molar-refractivity contribution in [2.75, 3.05) is 11.9 Å². The van der Waals surface area contributed by atoms with E-state index in [2.05, 4.69) is 22.2 Å². The Balaban J connectivity index is 1.24. The Labute approximate surface area is 163 Å². The van der Waals surface area contributed by atoms with Crippen LogP contribution in [0.15, 0.2) is 36.4 Å². The number of hydrogen-bond acceptors (Lipinski definition) is 4. The maximum atomic E-state index is 12.8. The molecule has 6 rings (SSSR count). The van der Waals surface area contributed by atoms with Crippen LogP contribution >= 0.6 is 0 Å². The number of likely N-dealkylation sites (tertiary alicyclic amines) is 1. The van der Waals surface area contributed by atoms with Crippen molar-refractivity contribution in [3.8, 4) is 5.75 Å². The van der Waals surface area contributed by atoms with Crippen LogP contribution in [-0.2, 0) is 14.4 Å². The van der Waals surface area contributed by atoms with E-state index in [0.717, 1.165) is 23.5 Å². The average Bonchev–Trinajstić information content (AvgIpc) is 3.43. The van der Waals surface area contributed by atoms with Crippen LogP contribution in [-0.4, -0.2) is 35.5 Å². The summed E-state index contributed by atoms with van der Waals surface area (Å²) in [6.07, 6.45) is 0.371. The van der Waals surface area contributed by atoms with Gasteiger partial charge in [0.05, 0.1) is 11.8 Å². The quantitative estimate of drug-likeness (QED) is 0.616. The second-order valence-corrected chi connectivity index (χ2v) is 8.04. The van der Waals surface area contributed by atoms with E-state index >= 15 is 0 Å². The molecule has 1 N–H and O–H groups in total. The predicted octanol–water partition coefficient (Wildman–Crippen LogP) is 2.58. The highest BCUT2D eigenvalue weighted by molar-refractivity contribution is 6.09. The summed E-state index contributed by atoms with van der Waals surface area (Å²) in [4.78, 5) is 39.1. The van der Waals surface area contributed by atoms with E-state index in [-0.39, 0.29) is 41.2 Å². The van der Waals surface area contributed by atoms with Crippen molar-refractivity contribution in [1.29, 1.82) is 0 Å². The number of carbonyl (C=O) groups is 3. The number of ether oxygens (including phenoxy) is 1. The molecule has 3 fully saturated rings. The molecule has 1 heterocycles. The fourth-order valence-electron chi connectivity index (χ4n) is 5.26. The third kappa shape index (κ3) is 2.99. The highest BCUT2D eigenvalue weighted by Gasteiger charge is 2.67. The van der Waals surface area contributed by atoms with Crippen LogP contribution < -0.4 is 10.1 Å². The zero-order valence-corrected chi connectivity index (χ0v) is 15.1. The number of amides is 3. The molecule has 1 aromatic rings. The van der Waals surface area contributed by atoms with Gasteiger partial charge in [-0.25, -0.2) is 0 Å². The largest absolute Gasteiger partial charge is 0.573 e. The first kappa shape index (κ1) is 18.2. The van der Waals surface area contributed by atoms with Crippen molar-refractivity contribution >= 4 is 23.4 Å². The van der Waals surface area contributed by atoms with Gasteiger partial charge in [0.2, 0.25) is 17.7 Å². The van der Waals surface area contributed by atoms with Crippen molar-refractivity contribution in [2.24, 2.45) is 35.5 Å². The summed E-state index contributed by atoms with van der Waals surface area (Å²) in [5, 5.41) is 2.50. The Morgan fingerprint density at radius 1 is 1.03 bits per heavy atom. The van der Waals surface area contributed by atoms with Gasteiger partial charge in [0, 0.05) is 5.69 Å². The van der Waals surface area contributed by atoms with Crippen molar-refractivity contribution in [1.82, 2.24) is 4.90 Å². The molecular formula is C20H17F3N2O4. The van der Waals surface area contributed by atoms with Crippen LogP contribution in [0.25, 0.3) is 0 Å². The standard InChI is InChI=1S/C20H17F3N2O4/c21-20(22,23)29-10-3-1-9(2-4-10)24-15(26)8-25-18(27)16-11-5-6-12(14-7-13(11)14)17(16)19(25)28/h1-6,11-14,16-17H,7-8H2,(H,24,26)/t11-,12+,13-,14-,16+,17-/m1/s1. The second kappa shape index (κ2) is 6.08. The Bertz CT molecular complexity index is 891. The number of anilines is 1. The lowest BCUT2D eigenvalue weighted by Crippen LogP contribution is -2.40. The topological polar surface area (TPSA) is 75.7 Å². The van der Waals surface area contributed by atoms with E-state index in [4.69, 9.17) is 0 Å². The molecule has 1 aromatic carbocycles. The Kier molecular flexibility index (Phi) is 3.81. The fraction of sp³-hybridized carbons (Fsp3) is 0.450. The van der Waals surface area contributed by atoms with Crippen molar-refractivity contribution < 1.29 is 32.3 Å². The van der Waals surface area contributed by atoms with E-state index in [0.29, 0.717) is 11.8 Å². The number of benzene rings is 1. The van der Waals surface area contributed by atoms with Gasteiger partial charge in [-0.15, -0.1) is 13.2 Å². The molecule has 4 aliphatic carbocycles. The Hall–Kier alpha value is -2.84. The SMILES string of the molecule is O=C(CN1C(=O)[C@@H]2[C@H]3C=C[C@H]([C@H]4C[C@H]34)[C@@H]2C1=O)Nc1ccc(OC(F)(F)F)cc1. The number of alkyl halides is 3. The minimum Gasteiger partial charge on any atom is -0.406 e. The first-order valence-corrected chi connectivity index (χ1v) is 9.42. The van der Waals surface area contributed by atoms with Crippen LogP contribution in [0.4, 0.5) is 18.9 Å². The van der Waals surface area contributed by atoms with Gasteiger partial charge >= 0.3 is 6.36 Å². The maximum absolute atomic E-state index is 12.8. The van der Waals surface area contributed by atoms with E-state index in [1.165, 1.54) is 12.1 Å². The van der Waals surface area contributed by atoms with Crippen LogP contribution in [0.5, 0.6) is 5.75 Å². The molecule has 6 atom stereocenters. The number of nitrogens with one attached hydrogen (secondary N) is 1. The summed E-state index contributed by atoms with van der Waals surface area (Å²) in [6, 6.07) is 4.65. The Morgan fingerprint density at radius 2 is 1.59 bits per heavy atom. The van der Waals surface area contributed by atoms with Crippen LogP contribution in [0.1, 0.15) is 6.42 Å². The van der Waals surface area contributed by atoms with Gasteiger partial charge in [-0.05, 0) is 54.4 Å². The molecule has 0 unspecified atom stereocenters. The molecule has 0 spiro atoms. The minimum atomic E-state index is -4.80. The fourth-order valence-corrected chi connectivity index (χ4v) is 5.26. The number of imide groups is 1. The van der Waals surface area contributed by atoms with Crippen LogP contribution in [0.2, 0.25) is 0 Å². The van der Waals surface area contributed by atoms with E-state index in [1.807, 2.05) is 0 Å². The highest BCUT2D eigenvalue weighted by Crippen LogP contribution is 2.65. The molecular weight excluding hydrogens is 389 g/mol. The first-order valence-electron chi connectivity index (χ1n) is 9.42. The zero-order chi connectivity index (χ0) is 20.5. The lowest BCUT2D eigenvalue weighted by molar-refractivity contribution is -0.274. The molecule has 1 aliphatic heterocycles. The third-order valence-electron chi connectivity index (χ3n) is 6.43. The van der Waals surface area contributed by atoms with E-state index in [9.17, 15) is 27.6 Å². The molecule has 2 bridgehead atoms. The summed E-state index contributed by atoms with van der Waals surface area (Å²) < 4.78 is 40.4. The molecule has 2 saturated carbocycles. The van der Waals surface area contributed by atoms with Gasteiger partial charge in [-0.3, -0.25) is 19.3 Å². The lowest BCUT2D eigenvalue weighted by atomic mass is 9.63. The van der Waals surface area contributed by atoms with Crippen molar-refractivity contribution in [2.45, 2.75) is 12.8 Å². The molecule has 5 aliphatic rings. The number of nitrogens with zero attached hydrogens (tertiary/aromatic N) is 1. The summed E-state index contributed by atoms with van der Waals surface area (Å²) in [6.45, 7) is -0.403. The number of hydrogen-bond donors (Lipinski definition) is 1. The molecule has 9 heteroatoms. The Morgan fingerprint density at radius 3 is 2.10 bits per heavy atom. The van der Waals surface area contributed by atoms with E-state index < -0.39 is 24.6 Å². The van der Waals surface area contributed by atoms with Gasteiger partial charge in [0.25, 0.3) is 0 Å². The molecule has 0 aromatic heterocycles. The molecule has 1 saturated heterocycles. The molecule has 29 heavy (non-hydrogen) atoms. The van der Waals surface area contributed by atoms with Gasteiger partial charge in [0.15, 0.2) is 0 Å². The first-order chi connectivity index (χ1) is 13.7. The summed E-state index contributed by atoms with van der Waals surface area (Å²) >= 11 is 0. The van der Waals surface area contributed by atoms with Crippen LogP contribution in [0.3, 0.4) is 0 Å². The summed E-state index contributed by atoms with van der Waals surface area (Å²) in [5.41, 5.74) is 0.240. The molecule has 6 nitrogen and oxygen atoms in total. The lowest BCUT2D eigenvalue weighted by Gasteiger charge is -2.37. The third-order valence-corrected chi connectivity index (χ3v) is 6.43. The van der Waals surface area contributed by atoms with Gasteiger partial charge in [-0.1, -0.05) is 12.2 Å². The van der Waals surface area contributed by atoms with Crippen LogP contribution in [0, 0.1) is 35.5 Å². The number of allylic oxidation sites excluding steroid dienone is 2. The highest BCUT2D eigenvalue weighted by atomic mass is 19.4. The van der Waals surface area contributed by atoms with Crippen molar-refractivity contribution in [3.05, 3.63) is 36.4 Å². The number of halogens is 3. The molecule has 0 radical (unpaired) electrons. The van der Waals surface area contributed by atoms with Gasteiger partial charge < -0.3 is 10.1 Å². The van der Waals surface area contributed by atoms with E-state index in [1.54, 1.807) is 0 Å². The van der Waals surface area contributed by atoms with Gasteiger partial charge in [-0.2, -0.15) is 0 Å². The van der Waals surface area contributed by atoms with Crippen molar-refractivity contribution in [3.63, 3.8) is 0 Å². The normalized spacial score (nSPS) is 34.1. The monoisotopic (exact) mass is 406 g/mol.